The van der Waals surface area contributed by atoms with Crippen LogP contribution in [-0.2, 0) is 6.54 Å². The van der Waals surface area contributed by atoms with Gasteiger partial charge in [0, 0.05) is 6.20 Å². The highest BCUT2D eigenvalue weighted by Gasteiger charge is 2.14. The van der Waals surface area contributed by atoms with Crippen molar-refractivity contribution >= 4 is 28.6 Å². The molecule has 3 aromatic rings. The predicted molar refractivity (Wildman–Crippen MR) is 74.3 cm³/mol. The van der Waals surface area contributed by atoms with E-state index in [1.807, 2.05) is 12.1 Å². The number of hydrogen-bond acceptors (Lipinski definition) is 7. The van der Waals surface area contributed by atoms with E-state index < -0.39 is 0 Å². The quantitative estimate of drug-likeness (QED) is 0.634. The van der Waals surface area contributed by atoms with Crippen molar-refractivity contribution < 1.29 is 5.11 Å². The zero-order valence-electron chi connectivity index (χ0n) is 10.6. The molecule has 4 N–H and O–H groups in total. The van der Waals surface area contributed by atoms with Crippen LogP contribution in [0.15, 0.2) is 30.9 Å². The molecule has 102 valence electrons. The van der Waals surface area contributed by atoms with Gasteiger partial charge in [-0.15, -0.1) is 0 Å². The number of fused-ring (bicyclic) bond motifs is 1. The van der Waals surface area contributed by atoms with Gasteiger partial charge in [0.05, 0.1) is 25.0 Å². The van der Waals surface area contributed by atoms with Crippen LogP contribution >= 0.6 is 0 Å². The predicted octanol–water partition coefficient (Wildman–Crippen LogP) is 0.539. The molecule has 0 saturated heterocycles. The molecule has 0 saturated carbocycles. The second kappa shape index (κ2) is 5.10. The fourth-order valence-corrected chi connectivity index (χ4v) is 1.93. The van der Waals surface area contributed by atoms with Crippen LogP contribution in [0.4, 0.5) is 17.5 Å². The van der Waals surface area contributed by atoms with Crippen molar-refractivity contribution in [3.63, 3.8) is 0 Å². The van der Waals surface area contributed by atoms with Gasteiger partial charge in [-0.05, 0) is 12.1 Å². The Morgan fingerprint density at radius 2 is 2.25 bits per heavy atom. The first-order chi connectivity index (χ1) is 9.79. The van der Waals surface area contributed by atoms with Crippen LogP contribution in [0.3, 0.4) is 0 Å². The molecule has 0 spiro atoms. The molecule has 8 nitrogen and oxygen atoms in total. The maximum Gasteiger partial charge on any atom is 0.209 e. The largest absolute Gasteiger partial charge is 0.395 e. The van der Waals surface area contributed by atoms with E-state index in [0.717, 1.165) is 5.69 Å². The van der Waals surface area contributed by atoms with Crippen molar-refractivity contribution in [3.05, 3.63) is 30.9 Å². The van der Waals surface area contributed by atoms with Crippen molar-refractivity contribution in [2.24, 2.45) is 0 Å². The Bertz CT molecular complexity index is 725. The van der Waals surface area contributed by atoms with Gasteiger partial charge in [0.2, 0.25) is 5.95 Å². The number of pyridine rings is 1. The summed E-state index contributed by atoms with van der Waals surface area (Å²) in [5, 5.41) is 12.3. The lowest BCUT2D eigenvalue weighted by Gasteiger charge is -2.08. The minimum atomic E-state index is -0.0307. The summed E-state index contributed by atoms with van der Waals surface area (Å²) in [6, 6.07) is 3.68. The molecule has 0 radical (unpaired) electrons. The number of nitrogens with one attached hydrogen (secondary N) is 1. The molecule has 0 aliphatic heterocycles. The zero-order chi connectivity index (χ0) is 13.9. The van der Waals surface area contributed by atoms with Gasteiger partial charge >= 0.3 is 0 Å². The summed E-state index contributed by atoms with van der Waals surface area (Å²) in [6.45, 7) is 0.326. The maximum atomic E-state index is 9.19. The van der Waals surface area contributed by atoms with Crippen molar-refractivity contribution in [1.29, 1.82) is 0 Å². The highest BCUT2D eigenvalue weighted by Crippen LogP contribution is 2.23. The first-order valence-electron chi connectivity index (χ1n) is 6.04. The standard InChI is InChI=1S/C12H13N7O/c13-10-9-11(16-7-15-10)19(4-5-20)12(18-9)17-8-2-1-3-14-6-8/h1-3,6-7,20H,4-5H2,(H,17,18)(H2,13,15,16). The average molecular weight is 271 g/mol. The molecular weight excluding hydrogens is 258 g/mol. The van der Waals surface area contributed by atoms with Crippen LogP contribution in [0.5, 0.6) is 0 Å². The molecule has 0 fully saturated rings. The number of aliphatic hydroxyl groups excluding tert-OH is 1. The molecule has 8 heteroatoms. The van der Waals surface area contributed by atoms with E-state index in [0.29, 0.717) is 29.5 Å². The van der Waals surface area contributed by atoms with E-state index in [2.05, 4.69) is 25.3 Å². The summed E-state index contributed by atoms with van der Waals surface area (Å²) in [5.74, 6) is 0.843. The molecule has 20 heavy (non-hydrogen) atoms. The molecule has 0 aliphatic rings. The van der Waals surface area contributed by atoms with Crippen LogP contribution in [0.25, 0.3) is 11.2 Å². The second-order valence-electron chi connectivity index (χ2n) is 4.11. The van der Waals surface area contributed by atoms with Gasteiger partial charge in [0.1, 0.15) is 6.33 Å². The summed E-state index contributed by atoms with van der Waals surface area (Å²) in [5.41, 5.74) is 7.67. The van der Waals surface area contributed by atoms with Gasteiger partial charge in [0.15, 0.2) is 17.0 Å². The monoisotopic (exact) mass is 271 g/mol. The highest BCUT2D eigenvalue weighted by atomic mass is 16.3. The van der Waals surface area contributed by atoms with Gasteiger partial charge in [-0.3, -0.25) is 9.55 Å². The number of anilines is 3. The Morgan fingerprint density at radius 3 is 3.00 bits per heavy atom. The second-order valence-corrected chi connectivity index (χ2v) is 4.11. The molecule has 3 rings (SSSR count). The van der Waals surface area contributed by atoms with Gasteiger partial charge in [-0.1, -0.05) is 0 Å². The maximum absolute atomic E-state index is 9.19. The Morgan fingerprint density at radius 1 is 1.35 bits per heavy atom. The van der Waals surface area contributed by atoms with E-state index in [-0.39, 0.29) is 6.61 Å². The van der Waals surface area contributed by atoms with E-state index in [1.54, 1.807) is 17.0 Å². The number of aliphatic hydroxyl groups is 1. The molecule has 3 aromatic heterocycles. The van der Waals surface area contributed by atoms with Crippen molar-refractivity contribution in [2.75, 3.05) is 17.7 Å². The zero-order valence-corrected chi connectivity index (χ0v) is 10.6. The normalized spacial score (nSPS) is 10.8. The van der Waals surface area contributed by atoms with Gasteiger partial charge in [-0.25, -0.2) is 15.0 Å². The average Bonchev–Trinajstić information content (AvgIpc) is 2.80. The minimum Gasteiger partial charge on any atom is -0.395 e. The molecule has 0 amide bonds. The fourth-order valence-electron chi connectivity index (χ4n) is 1.93. The van der Waals surface area contributed by atoms with Gasteiger partial charge < -0.3 is 16.2 Å². The summed E-state index contributed by atoms with van der Waals surface area (Å²) in [7, 11) is 0. The number of rotatable bonds is 4. The third-order valence-corrected chi connectivity index (χ3v) is 2.80. The number of nitrogens with zero attached hydrogens (tertiary/aromatic N) is 5. The Kier molecular flexibility index (Phi) is 3.13. The Balaban J connectivity index is 2.09. The van der Waals surface area contributed by atoms with Crippen LogP contribution in [-0.4, -0.2) is 36.2 Å². The Labute approximate surface area is 114 Å². The molecular formula is C12H13N7O. The topological polar surface area (TPSA) is 115 Å². The summed E-state index contributed by atoms with van der Waals surface area (Å²) in [4.78, 5) is 16.5. The molecule has 0 unspecified atom stereocenters. The van der Waals surface area contributed by atoms with Gasteiger partial charge in [-0.2, -0.15) is 0 Å². The van der Waals surface area contributed by atoms with Crippen LogP contribution in [0.2, 0.25) is 0 Å². The van der Waals surface area contributed by atoms with E-state index in [9.17, 15) is 5.11 Å². The number of nitrogen functional groups attached to an aromatic ring is 1. The molecule has 3 heterocycles. The third-order valence-electron chi connectivity index (χ3n) is 2.80. The molecule has 0 atom stereocenters. The number of hydrogen-bond donors (Lipinski definition) is 3. The summed E-state index contributed by atoms with van der Waals surface area (Å²) in [6.07, 6.45) is 4.74. The Hall–Kier alpha value is -2.74. The van der Waals surface area contributed by atoms with Crippen molar-refractivity contribution in [1.82, 2.24) is 24.5 Å². The smallest absolute Gasteiger partial charge is 0.209 e. The summed E-state index contributed by atoms with van der Waals surface area (Å²) < 4.78 is 1.75. The highest BCUT2D eigenvalue weighted by molar-refractivity contribution is 5.84. The first kappa shape index (κ1) is 12.3. The van der Waals surface area contributed by atoms with E-state index in [4.69, 9.17) is 5.73 Å². The summed E-state index contributed by atoms with van der Waals surface area (Å²) >= 11 is 0. The van der Waals surface area contributed by atoms with Crippen LogP contribution in [0.1, 0.15) is 0 Å². The van der Waals surface area contributed by atoms with E-state index in [1.165, 1.54) is 6.33 Å². The SMILES string of the molecule is Nc1ncnc2c1nc(Nc1cccnc1)n2CCO. The molecule has 0 bridgehead atoms. The van der Waals surface area contributed by atoms with Crippen molar-refractivity contribution in [3.8, 4) is 0 Å². The lowest BCUT2D eigenvalue weighted by molar-refractivity contribution is 0.278. The van der Waals surface area contributed by atoms with E-state index >= 15 is 0 Å². The lowest BCUT2D eigenvalue weighted by atomic mass is 10.4. The third kappa shape index (κ3) is 2.12. The van der Waals surface area contributed by atoms with Gasteiger partial charge in [0.25, 0.3) is 0 Å². The van der Waals surface area contributed by atoms with Crippen molar-refractivity contribution in [2.45, 2.75) is 6.54 Å². The molecule has 0 aromatic carbocycles. The van der Waals surface area contributed by atoms with Crippen LogP contribution in [0, 0.1) is 0 Å². The fraction of sp³-hybridized carbons (Fsp3) is 0.167. The number of imidazole rings is 1. The lowest BCUT2D eigenvalue weighted by Crippen LogP contribution is -2.07. The van der Waals surface area contributed by atoms with Crippen LogP contribution < -0.4 is 11.1 Å². The minimum absolute atomic E-state index is 0.0307. The first-order valence-corrected chi connectivity index (χ1v) is 6.04. The molecule has 0 aliphatic carbocycles. The number of nitrogens with two attached hydrogens (primary N) is 1. The number of aromatic nitrogens is 5.